The minimum Gasteiger partial charge on any atom is -0.462 e. The Hall–Kier alpha value is -1.97. The van der Waals surface area contributed by atoms with Gasteiger partial charge < -0.3 is 14.3 Å². The van der Waals surface area contributed by atoms with Crippen molar-refractivity contribution >= 4 is 30.8 Å². The molecule has 0 aliphatic rings. The molecule has 0 radical (unpaired) electrons. The number of hydrogen-bond acceptors (Lipinski definition) is 4. The third-order valence-electron chi connectivity index (χ3n) is 2.82. The summed E-state index contributed by atoms with van der Waals surface area (Å²) in [7, 11) is -3.11. The van der Waals surface area contributed by atoms with Crippen molar-refractivity contribution in [2.24, 2.45) is 0 Å². The summed E-state index contributed by atoms with van der Waals surface area (Å²) in [5.74, 6) is 0.0621. The van der Waals surface area contributed by atoms with Crippen LogP contribution in [0.4, 0.5) is 5.69 Å². The minimum absolute atomic E-state index is 0.317. The summed E-state index contributed by atoms with van der Waals surface area (Å²) in [6, 6.07) is 13.1. The fraction of sp³-hybridized carbons (Fsp3) is 0.188. The number of anilines is 1. The number of nitrogens with one attached hydrogen (secondary N) is 1. The van der Waals surface area contributed by atoms with E-state index < -0.39 is 13.5 Å². The van der Waals surface area contributed by atoms with Crippen LogP contribution in [-0.2, 0) is 9.30 Å². The molecule has 0 fully saturated rings. The van der Waals surface area contributed by atoms with E-state index in [1.165, 1.54) is 6.66 Å². The quantitative estimate of drug-likeness (QED) is 0.595. The van der Waals surface area contributed by atoms with E-state index in [1.54, 1.807) is 55.5 Å². The molecular weight excluding hydrogens is 337 g/mol. The number of ether oxygens (including phenoxy) is 1. The molecule has 0 bridgehead atoms. The van der Waals surface area contributed by atoms with Crippen LogP contribution in [0.25, 0.3) is 0 Å². The normalized spacial score (nSPS) is 13.0. The standard InChI is InChI=1S/C16H17ClNO4P/c1-3-21-16(19)12-4-8-14(9-5-12)18-23(2,20)22-15-10-6-13(17)7-11-15/h4-11H,3H2,1-2H3,(H,18,20)/t23-/m1/s1. The van der Waals surface area contributed by atoms with Crippen LogP contribution in [0.15, 0.2) is 48.5 Å². The van der Waals surface area contributed by atoms with Crippen molar-refractivity contribution in [1.82, 2.24) is 0 Å². The minimum atomic E-state index is -3.11. The highest BCUT2D eigenvalue weighted by molar-refractivity contribution is 7.60. The van der Waals surface area contributed by atoms with Crippen LogP contribution in [0.5, 0.6) is 5.75 Å². The van der Waals surface area contributed by atoms with E-state index in [0.29, 0.717) is 28.6 Å². The van der Waals surface area contributed by atoms with Crippen LogP contribution in [0.1, 0.15) is 17.3 Å². The highest BCUT2D eigenvalue weighted by Gasteiger charge is 2.17. The van der Waals surface area contributed by atoms with Crippen LogP contribution in [0.3, 0.4) is 0 Å². The molecule has 2 aromatic rings. The van der Waals surface area contributed by atoms with E-state index in [4.69, 9.17) is 20.9 Å². The van der Waals surface area contributed by atoms with Crippen molar-refractivity contribution < 1.29 is 18.6 Å². The Morgan fingerprint density at radius 2 is 1.74 bits per heavy atom. The topological polar surface area (TPSA) is 64.6 Å². The van der Waals surface area contributed by atoms with Crippen LogP contribution in [0, 0.1) is 0 Å². The van der Waals surface area contributed by atoms with E-state index in [-0.39, 0.29) is 0 Å². The fourth-order valence-electron chi connectivity index (χ4n) is 1.85. The number of benzene rings is 2. The molecule has 7 heteroatoms. The summed E-state index contributed by atoms with van der Waals surface area (Å²) in [6.45, 7) is 3.54. The van der Waals surface area contributed by atoms with E-state index in [1.807, 2.05) is 0 Å². The highest BCUT2D eigenvalue weighted by atomic mass is 35.5. The lowest BCUT2D eigenvalue weighted by Gasteiger charge is -2.17. The van der Waals surface area contributed by atoms with Gasteiger partial charge in [0.05, 0.1) is 12.2 Å². The van der Waals surface area contributed by atoms with Gasteiger partial charge in [-0.15, -0.1) is 0 Å². The van der Waals surface area contributed by atoms with Gasteiger partial charge in [-0.2, -0.15) is 0 Å². The van der Waals surface area contributed by atoms with Crippen molar-refractivity contribution in [2.75, 3.05) is 18.4 Å². The molecule has 0 saturated carbocycles. The second-order valence-corrected chi connectivity index (χ2v) is 7.34. The molecule has 0 aromatic heterocycles. The molecule has 0 amide bonds. The Labute approximate surface area is 140 Å². The van der Waals surface area contributed by atoms with Gasteiger partial charge in [0.1, 0.15) is 5.75 Å². The van der Waals surface area contributed by atoms with Crippen molar-refractivity contribution in [1.29, 1.82) is 0 Å². The third-order valence-corrected chi connectivity index (χ3v) is 4.30. The lowest BCUT2D eigenvalue weighted by molar-refractivity contribution is 0.0526. The molecule has 5 nitrogen and oxygen atoms in total. The first-order valence-electron chi connectivity index (χ1n) is 6.98. The molecule has 0 spiro atoms. The zero-order chi connectivity index (χ0) is 16.9. The number of hydrogen-bond donors (Lipinski definition) is 1. The SMILES string of the molecule is CCOC(=O)c1ccc(N[P@](C)(=O)Oc2ccc(Cl)cc2)cc1. The van der Waals surface area contributed by atoms with Gasteiger partial charge in [0, 0.05) is 17.4 Å². The molecule has 0 unspecified atom stereocenters. The van der Waals surface area contributed by atoms with Gasteiger partial charge in [-0.1, -0.05) is 11.6 Å². The van der Waals surface area contributed by atoms with Crippen LogP contribution < -0.4 is 9.61 Å². The Bertz CT molecular complexity index is 716. The van der Waals surface area contributed by atoms with Crippen molar-refractivity contribution in [2.45, 2.75) is 6.92 Å². The predicted octanol–water partition coefficient (Wildman–Crippen LogP) is 4.83. The molecule has 2 aromatic carbocycles. The van der Waals surface area contributed by atoms with Crippen molar-refractivity contribution in [3.63, 3.8) is 0 Å². The number of esters is 1. The Kier molecular flexibility index (Phi) is 5.69. The fourth-order valence-corrected chi connectivity index (χ4v) is 3.16. The molecule has 1 N–H and O–H groups in total. The molecule has 0 aliphatic heterocycles. The smallest absolute Gasteiger partial charge is 0.338 e. The van der Waals surface area contributed by atoms with E-state index in [0.717, 1.165) is 0 Å². The molecule has 23 heavy (non-hydrogen) atoms. The predicted molar refractivity (Wildman–Crippen MR) is 91.6 cm³/mol. The van der Waals surface area contributed by atoms with Crippen LogP contribution in [-0.4, -0.2) is 19.2 Å². The second kappa shape index (κ2) is 7.53. The molecular formula is C16H17ClNO4P. The molecule has 122 valence electrons. The molecule has 1 atom stereocenters. The molecule has 0 heterocycles. The van der Waals surface area contributed by atoms with Gasteiger partial charge in [-0.25, -0.2) is 4.79 Å². The van der Waals surface area contributed by atoms with Gasteiger partial charge >= 0.3 is 13.5 Å². The van der Waals surface area contributed by atoms with Crippen molar-refractivity contribution in [3.8, 4) is 5.75 Å². The number of halogens is 1. The lowest BCUT2D eigenvalue weighted by atomic mass is 10.2. The maximum atomic E-state index is 12.5. The maximum absolute atomic E-state index is 12.5. The van der Waals surface area contributed by atoms with E-state index in [9.17, 15) is 9.36 Å². The summed E-state index contributed by atoms with van der Waals surface area (Å²) in [5.41, 5.74) is 1.01. The van der Waals surface area contributed by atoms with Gasteiger partial charge in [-0.05, 0) is 55.5 Å². The highest BCUT2D eigenvalue weighted by Crippen LogP contribution is 2.43. The summed E-state index contributed by atoms with van der Waals surface area (Å²) < 4.78 is 22.9. The third kappa shape index (κ3) is 5.31. The van der Waals surface area contributed by atoms with Crippen LogP contribution >= 0.6 is 19.1 Å². The number of rotatable bonds is 6. The first-order valence-corrected chi connectivity index (χ1v) is 9.43. The first-order chi connectivity index (χ1) is 10.9. The van der Waals surface area contributed by atoms with E-state index in [2.05, 4.69) is 5.09 Å². The Morgan fingerprint density at radius 1 is 1.13 bits per heavy atom. The number of carbonyl (C=O) groups is 1. The summed E-state index contributed by atoms with van der Waals surface area (Å²) in [6.07, 6.45) is 0. The zero-order valence-electron chi connectivity index (χ0n) is 12.8. The monoisotopic (exact) mass is 353 g/mol. The first kappa shape index (κ1) is 17.4. The number of carbonyl (C=O) groups excluding carboxylic acids is 1. The summed E-state index contributed by atoms with van der Waals surface area (Å²) in [5, 5.41) is 3.40. The van der Waals surface area contributed by atoms with Gasteiger partial charge in [0.15, 0.2) is 0 Å². The molecule has 2 rings (SSSR count). The summed E-state index contributed by atoms with van der Waals surface area (Å²) in [4.78, 5) is 11.6. The summed E-state index contributed by atoms with van der Waals surface area (Å²) >= 11 is 5.80. The molecule has 0 aliphatic carbocycles. The van der Waals surface area contributed by atoms with Gasteiger partial charge in [0.2, 0.25) is 0 Å². The van der Waals surface area contributed by atoms with Gasteiger partial charge in [0.25, 0.3) is 0 Å². The average molecular weight is 354 g/mol. The molecule has 0 saturated heterocycles. The largest absolute Gasteiger partial charge is 0.462 e. The average Bonchev–Trinajstić information content (AvgIpc) is 2.50. The second-order valence-electron chi connectivity index (χ2n) is 4.80. The Morgan fingerprint density at radius 3 is 2.30 bits per heavy atom. The van der Waals surface area contributed by atoms with Gasteiger partial charge in [-0.3, -0.25) is 4.57 Å². The lowest BCUT2D eigenvalue weighted by Crippen LogP contribution is -2.05. The Balaban J connectivity index is 2.03. The van der Waals surface area contributed by atoms with E-state index >= 15 is 0 Å². The zero-order valence-corrected chi connectivity index (χ0v) is 14.4. The van der Waals surface area contributed by atoms with Crippen LogP contribution in [0.2, 0.25) is 5.02 Å². The van der Waals surface area contributed by atoms with Crippen molar-refractivity contribution in [3.05, 3.63) is 59.1 Å². The maximum Gasteiger partial charge on any atom is 0.338 e.